The standard InChI is InChI=1S/C15H21N5O/c1-2-19(10-8-13-6-4-3-5-7-13)15(21)14-12-20(11-9-16)18-17-14/h3-7,12H,2,8-11,16H2,1H3. The number of amides is 1. The fraction of sp³-hybridized carbons (Fsp3) is 0.400. The highest BCUT2D eigenvalue weighted by atomic mass is 16.2. The number of hydrogen-bond acceptors (Lipinski definition) is 4. The summed E-state index contributed by atoms with van der Waals surface area (Å²) in [6.45, 7) is 4.32. The SMILES string of the molecule is CCN(CCc1ccccc1)C(=O)c1cn(CCN)nn1. The van der Waals surface area contributed by atoms with Crippen molar-refractivity contribution in [2.45, 2.75) is 19.9 Å². The van der Waals surface area contributed by atoms with E-state index in [4.69, 9.17) is 5.73 Å². The van der Waals surface area contributed by atoms with Crippen LogP contribution in [0, 0.1) is 0 Å². The first-order valence-corrected chi connectivity index (χ1v) is 7.18. The summed E-state index contributed by atoms with van der Waals surface area (Å²) in [5, 5.41) is 7.83. The van der Waals surface area contributed by atoms with Crippen molar-refractivity contribution < 1.29 is 4.79 Å². The third kappa shape index (κ3) is 4.13. The molecule has 1 aromatic carbocycles. The summed E-state index contributed by atoms with van der Waals surface area (Å²) >= 11 is 0. The molecule has 0 bridgehead atoms. The maximum atomic E-state index is 12.4. The Bertz CT molecular complexity index is 566. The van der Waals surface area contributed by atoms with Crippen molar-refractivity contribution >= 4 is 5.91 Å². The lowest BCUT2D eigenvalue weighted by atomic mass is 10.1. The first kappa shape index (κ1) is 15.2. The van der Waals surface area contributed by atoms with Gasteiger partial charge in [-0.15, -0.1) is 5.10 Å². The van der Waals surface area contributed by atoms with Gasteiger partial charge < -0.3 is 10.6 Å². The van der Waals surface area contributed by atoms with Crippen LogP contribution in [0.5, 0.6) is 0 Å². The third-order valence-electron chi connectivity index (χ3n) is 3.30. The lowest BCUT2D eigenvalue weighted by Crippen LogP contribution is -2.33. The van der Waals surface area contributed by atoms with Crippen molar-refractivity contribution in [1.29, 1.82) is 0 Å². The largest absolute Gasteiger partial charge is 0.337 e. The van der Waals surface area contributed by atoms with E-state index in [0.29, 0.717) is 31.9 Å². The molecule has 0 aliphatic carbocycles. The van der Waals surface area contributed by atoms with E-state index in [1.807, 2.05) is 25.1 Å². The van der Waals surface area contributed by atoms with Crippen molar-refractivity contribution in [3.63, 3.8) is 0 Å². The molecule has 2 N–H and O–H groups in total. The Hall–Kier alpha value is -2.21. The van der Waals surface area contributed by atoms with Gasteiger partial charge in [0.05, 0.1) is 12.7 Å². The normalized spacial score (nSPS) is 10.6. The van der Waals surface area contributed by atoms with Crippen LogP contribution in [-0.4, -0.2) is 45.4 Å². The molecule has 1 heterocycles. The average molecular weight is 287 g/mol. The van der Waals surface area contributed by atoms with Crippen LogP contribution >= 0.6 is 0 Å². The molecule has 0 atom stereocenters. The maximum Gasteiger partial charge on any atom is 0.276 e. The van der Waals surface area contributed by atoms with Gasteiger partial charge in [0.2, 0.25) is 0 Å². The molecule has 0 aliphatic rings. The molecule has 0 spiro atoms. The van der Waals surface area contributed by atoms with Crippen molar-refractivity contribution in [3.05, 3.63) is 47.8 Å². The fourth-order valence-electron chi connectivity index (χ4n) is 2.11. The zero-order valence-electron chi connectivity index (χ0n) is 12.3. The monoisotopic (exact) mass is 287 g/mol. The molecular weight excluding hydrogens is 266 g/mol. The second kappa shape index (κ2) is 7.54. The van der Waals surface area contributed by atoms with Gasteiger partial charge >= 0.3 is 0 Å². The molecule has 0 saturated heterocycles. The van der Waals surface area contributed by atoms with E-state index in [2.05, 4.69) is 22.4 Å². The summed E-state index contributed by atoms with van der Waals surface area (Å²) in [5.74, 6) is -0.0864. The van der Waals surface area contributed by atoms with Gasteiger partial charge in [0.1, 0.15) is 0 Å². The van der Waals surface area contributed by atoms with E-state index < -0.39 is 0 Å². The lowest BCUT2D eigenvalue weighted by Gasteiger charge is -2.19. The Morgan fingerprint density at radius 2 is 2.10 bits per heavy atom. The summed E-state index contributed by atoms with van der Waals surface area (Å²) in [4.78, 5) is 14.2. The zero-order chi connectivity index (χ0) is 15.1. The minimum Gasteiger partial charge on any atom is -0.337 e. The maximum absolute atomic E-state index is 12.4. The van der Waals surface area contributed by atoms with Gasteiger partial charge in [-0.2, -0.15) is 0 Å². The minimum absolute atomic E-state index is 0.0864. The molecule has 1 aromatic heterocycles. The zero-order valence-corrected chi connectivity index (χ0v) is 12.3. The predicted molar refractivity (Wildman–Crippen MR) is 80.8 cm³/mol. The number of aromatic nitrogens is 3. The minimum atomic E-state index is -0.0864. The van der Waals surface area contributed by atoms with Crippen molar-refractivity contribution in [2.75, 3.05) is 19.6 Å². The molecule has 0 aliphatic heterocycles. The second-order valence-electron chi connectivity index (χ2n) is 4.78. The highest BCUT2D eigenvalue weighted by molar-refractivity contribution is 5.91. The third-order valence-corrected chi connectivity index (χ3v) is 3.30. The number of benzene rings is 1. The van der Waals surface area contributed by atoms with Gasteiger partial charge in [-0.05, 0) is 18.9 Å². The van der Waals surface area contributed by atoms with Gasteiger partial charge in [0.25, 0.3) is 5.91 Å². The smallest absolute Gasteiger partial charge is 0.276 e. The number of nitrogens with two attached hydrogens (primary N) is 1. The Balaban J connectivity index is 1.97. The van der Waals surface area contributed by atoms with Gasteiger partial charge in [0.15, 0.2) is 5.69 Å². The highest BCUT2D eigenvalue weighted by Gasteiger charge is 2.17. The molecular formula is C15H21N5O. The topological polar surface area (TPSA) is 77.0 Å². The van der Waals surface area contributed by atoms with E-state index in [0.717, 1.165) is 6.42 Å². The summed E-state index contributed by atoms with van der Waals surface area (Å²) in [5.41, 5.74) is 7.05. The van der Waals surface area contributed by atoms with E-state index in [1.165, 1.54) is 5.56 Å². The molecule has 0 unspecified atom stereocenters. The Labute approximate surface area is 124 Å². The van der Waals surface area contributed by atoms with Crippen LogP contribution in [0.25, 0.3) is 0 Å². The molecule has 0 fully saturated rings. The van der Waals surface area contributed by atoms with Gasteiger partial charge in [-0.1, -0.05) is 35.5 Å². The molecule has 2 rings (SSSR count). The molecule has 6 nitrogen and oxygen atoms in total. The molecule has 112 valence electrons. The summed E-state index contributed by atoms with van der Waals surface area (Å²) < 4.78 is 1.60. The summed E-state index contributed by atoms with van der Waals surface area (Å²) in [6, 6.07) is 10.1. The molecule has 0 saturated carbocycles. The van der Waals surface area contributed by atoms with Crippen LogP contribution in [0.1, 0.15) is 23.0 Å². The molecule has 21 heavy (non-hydrogen) atoms. The summed E-state index contributed by atoms with van der Waals surface area (Å²) in [6.07, 6.45) is 2.48. The van der Waals surface area contributed by atoms with E-state index in [1.54, 1.807) is 15.8 Å². The number of nitrogens with zero attached hydrogens (tertiary/aromatic N) is 4. The molecule has 1 amide bonds. The number of hydrogen-bond donors (Lipinski definition) is 1. The van der Waals surface area contributed by atoms with Crippen LogP contribution < -0.4 is 5.73 Å². The van der Waals surface area contributed by atoms with E-state index in [-0.39, 0.29) is 5.91 Å². The van der Waals surface area contributed by atoms with Crippen molar-refractivity contribution in [1.82, 2.24) is 19.9 Å². The quantitative estimate of drug-likeness (QED) is 0.822. The molecule has 2 aromatic rings. The van der Waals surface area contributed by atoms with Crippen LogP contribution in [-0.2, 0) is 13.0 Å². The number of likely N-dealkylation sites (N-methyl/N-ethyl adjacent to an activating group) is 1. The van der Waals surface area contributed by atoms with E-state index >= 15 is 0 Å². The first-order valence-electron chi connectivity index (χ1n) is 7.18. The molecule has 6 heteroatoms. The van der Waals surface area contributed by atoms with Crippen molar-refractivity contribution in [2.24, 2.45) is 5.73 Å². The van der Waals surface area contributed by atoms with E-state index in [9.17, 15) is 4.79 Å². The van der Waals surface area contributed by atoms with Crippen LogP contribution in [0.2, 0.25) is 0 Å². The number of rotatable bonds is 7. The molecule has 0 radical (unpaired) electrons. The highest BCUT2D eigenvalue weighted by Crippen LogP contribution is 2.05. The van der Waals surface area contributed by atoms with Crippen LogP contribution in [0.4, 0.5) is 0 Å². The predicted octanol–water partition coefficient (Wildman–Crippen LogP) is 0.942. The average Bonchev–Trinajstić information content (AvgIpc) is 2.98. The van der Waals surface area contributed by atoms with Crippen molar-refractivity contribution in [3.8, 4) is 0 Å². The van der Waals surface area contributed by atoms with Gasteiger partial charge in [-0.3, -0.25) is 9.48 Å². The van der Waals surface area contributed by atoms with Gasteiger partial charge in [-0.25, -0.2) is 0 Å². The Morgan fingerprint density at radius 1 is 1.33 bits per heavy atom. The first-order chi connectivity index (χ1) is 10.2. The Kier molecular flexibility index (Phi) is 5.45. The Morgan fingerprint density at radius 3 is 2.76 bits per heavy atom. The van der Waals surface area contributed by atoms with Crippen LogP contribution in [0.15, 0.2) is 36.5 Å². The number of carbonyl (C=O) groups is 1. The second-order valence-corrected chi connectivity index (χ2v) is 4.78. The number of carbonyl (C=O) groups excluding carboxylic acids is 1. The van der Waals surface area contributed by atoms with Gasteiger partial charge in [0, 0.05) is 19.6 Å². The lowest BCUT2D eigenvalue weighted by molar-refractivity contribution is 0.0760. The fourth-order valence-corrected chi connectivity index (χ4v) is 2.11. The summed E-state index contributed by atoms with van der Waals surface area (Å²) in [7, 11) is 0. The van der Waals surface area contributed by atoms with Crippen LogP contribution in [0.3, 0.4) is 0 Å².